The van der Waals surface area contributed by atoms with E-state index in [2.05, 4.69) is 20.7 Å². The highest BCUT2D eigenvalue weighted by Crippen LogP contribution is 2.29. The minimum atomic E-state index is -3.75. The molecular weight excluding hydrogens is 360 g/mol. The van der Waals surface area contributed by atoms with Gasteiger partial charge in [0.2, 0.25) is 0 Å². The fraction of sp³-hybridized carbons (Fsp3) is 0.0769. The monoisotopic (exact) mass is 370 g/mol. The van der Waals surface area contributed by atoms with Crippen LogP contribution in [-0.4, -0.2) is 13.3 Å². The third-order valence-corrected chi connectivity index (χ3v) is 4.97. The molecule has 0 bridgehead atoms. The average Bonchev–Trinajstić information content (AvgIpc) is 2.41. The number of halogens is 1. The summed E-state index contributed by atoms with van der Waals surface area (Å²) >= 11 is 3.13. The predicted molar refractivity (Wildman–Crippen MR) is 82.8 cm³/mol. The minimum absolute atomic E-state index is 0.124. The van der Waals surface area contributed by atoms with Gasteiger partial charge in [0.25, 0.3) is 15.7 Å². The van der Waals surface area contributed by atoms with Crippen LogP contribution in [0.3, 0.4) is 0 Å². The van der Waals surface area contributed by atoms with Gasteiger partial charge in [-0.2, -0.15) is 0 Å². The fourth-order valence-corrected chi connectivity index (χ4v) is 3.68. The molecule has 0 aliphatic heterocycles. The summed E-state index contributed by atoms with van der Waals surface area (Å²) in [5.41, 5.74) is 0.729. The van der Waals surface area contributed by atoms with Crippen molar-refractivity contribution in [2.45, 2.75) is 11.8 Å². The summed E-state index contributed by atoms with van der Waals surface area (Å²) in [6.45, 7) is 1.69. The van der Waals surface area contributed by atoms with Crippen LogP contribution in [0.15, 0.2) is 51.8 Å². The van der Waals surface area contributed by atoms with Crippen molar-refractivity contribution in [3.63, 3.8) is 0 Å². The maximum absolute atomic E-state index is 12.3. The van der Waals surface area contributed by atoms with Crippen molar-refractivity contribution < 1.29 is 13.3 Å². The summed E-state index contributed by atoms with van der Waals surface area (Å²) in [4.78, 5) is 10.3. The number of non-ortho nitro benzene ring substituents is 1. The molecule has 2 aromatic carbocycles. The van der Waals surface area contributed by atoms with Gasteiger partial charge in [-0.05, 0) is 40.5 Å². The van der Waals surface area contributed by atoms with Crippen LogP contribution in [-0.2, 0) is 10.0 Å². The number of nitrogens with zero attached hydrogens (tertiary/aromatic N) is 1. The Morgan fingerprint density at radius 2 is 1.86 bits per heavy atom. The van der Waals surface area contributed by atoms with Crippen LogP contribution < -0.4 is 4.72 Å². The van der Waals surface area contributed by atoms with E-state index >= 15 is 0 Å². The zero-order chi connectivity index (χ0) is 15.6. The maximum Gasteiger partial charge on any atom is 0.270 e. The summed E-state index contributed by atoms with van der Waals surface area (Å²) in [6, 6.07) is 10.4. The van der Waals surface area contributed by atoms with Crippen molar-refractivity contribution in [3.8, 4) is 0 Å². The van der Waals surface area contributed by atoms with Crippen LogP contribution >= 0.6 is 15.9 Å². The van der Waals surface area contributed by atoms with Crippen LogP contribution in [0, 0.1) is 17.0 Å². The molecule has 0 saturated carbocycles. The number of benzene rings is 2. The molecule has 0 saturated heterocycles. The number of rotatable bonds is 4. The second-order valence-corrected chi connectivity index (χ2v) is 6.80. The largest absolute Gasteiger partial charge is 0.278 e. The van der Waals surface area contributed by atoms with Crippen molar-refractivity contribution in [2.24, 2.45) is 0 Å². The number of anilines is 1. The number of aryl methyl sites for hydroxylation is 1. The van der Waals surface area contributed by atoms with Crippen molar-refractivity contribution >= 4 is 37.3 Å². The van der Waals surface area contributed by atoms with E-state index in [1.165, 1.54) is 24.3 Å². The second-order valence-electron chi connectivity index (χ2n) is 4.29. The minimum Gasteiger partial charge on any atom is -0.278 e. The molecule has 0 aliphatic carbocycles. The highest BCUT2D eigenvalue weighted by molar-refractivity contribution is 9.10. The van der Waals surface area contributed by atoms with Gasteiger partial charge in [-0.3, -0.25) is 14.8 Å². The van der Waals surface area contributed by atoms with Gasteiger partial charge in [0, 0.05) is 16.6 Å². The molecule has 8 heteroatoms. The Kier molecular flexibility index (Phi) is 4.29. The molecular formula is C13H11BrN2O4S. The van der Waals surface area contributed by atoms with Gasteiger partial charge in [-0.1, -0.05) is 18.2 Å². The van der Waals surface area contributed by atoms with E-state index in [1.54, 1.807) is 25.1 Å². The first-order valence-electron chi connectivity index (χ1n) is 5.83. The molecule has 0 amide bonds. The van der Waals surface area contributed by atoms with Crippen LogP contribution in [0.4, 0.5) is 11.4 Å². The Hall–Kier alpha value is -1.93. The molecule has 0 radical (unpaired) electrons. The molecule has 0 unspecified atom stereocenters. The summed E-state index contributed by atoms with van der Waals surface area (Å²) in [6.07, 6.45) is 0. The first-order chi connectivity index (χ1) is 9.81. The molecule has 2 aromatic rings. The van der Waals surface area contributed by atoms with Gasteiger partial charge >= 0.3 is 0 Å². The van der Waals surface area contributed by atoms with Crippen LogP contribution in [0.25, 0.3) is 0 Å². The smallest absolute Gasteiger partial charge is 0.270 e. The standard InChI is InChI=1S/C13H11BrN2O4S/c1-9-4-2-3-5-13(9)21(19,20)15-12-7-6-10(16(17)18)8-11(12)14/h2-8,15H,1H3. The van der Waals surface area contributed by atoms with E-state index in [1.807, 2.05) is 0 Å². The van der Waals surface area contributed by atoms with E-state index in [-0.39, 0.29) is 16.3 Å². The molecule has 0 fully saturated rings. The highest BCUT2D eigenvalue weighted by atomic mass is 79.9. The lowest BCUT2D eigenvalue weighted by Gasteiger charge is -2.11. The number of nitrogens with one attached hydrogen (secondary N) is 1. The number of hydrogen-bond donors (Lipinski definition) is 1. The van der Waals surface area contributed by atoms with Crippen molar-refractivity contribution in [1.82, 2.24) is 0 Å². The van der Waals surface area contributed by atoms with Crippen LogP contribution in [0.2, 0.25) is 0 Å². The van der Waals surface area contributed by atoms with E-state index in [0.29, 0.717) is 10.0 Å². The number of sulfonamides is 1. The number of nitro benzene ring substituents is 1. The molecule has 0 aliphatic rings. The van der Waals surface area contributed by atoms with Gasteiger partial charge in [-0.15, -0.1) is 0 Å². The molecule has 0 heterocycles. The Morgan fingerprint density at radius 1 is 1.19 bits per heavy atom. The fourth-order valence-electron chi connectivity index (χ4n) is 1.76. The molecule has 6 nitrogen and oxygen atoms in total. The lowest BCUT2D eigenvalue weighted by Crippen LogP contribution is -2.14. The maximum atomic E-state index is 12.3. The SMILES string of the molecule is Cc1ccccc1S(=O)(=O)Nc1ccc([N+](=O)[O-])cc1Br. The zero-order valence-corrected chi connectivity index (χ0v) is 13.3. The van der Waals surface area contributed by atoms with Crippen molar-refractivity contribution in [1.29, 1.82) is 0 Å². The summed E-state index contributed by atoms with van der Waals surface area (Å²) < 4.78 is 27.4. The Balaban J connectivity index is 2.38. The van der Waals surface area contributed by atoms with Crippen molar-refractivity contribution in [3.05, 3.63) is 62.6 Å². The van der Waals surface area contributed by atoms with E-state index < -0.39 is 14.9 Å². The van der Waals surface area contributed by atoms with Gasteiger partial charge in [0.1, 0.15) is 0 Å². The third-order valence-electron chi connectivity index (χ3n) is 2.79. The molecule has 2 rings (SSSR count). The highest BCUT2D eigenvalue weighted by Gasteiger charge is 2.18. The first-order valence-corrected chi connectivity index (χ1v) is 8.11. The average molecular weight is 371 g/mol. The second kappa shape index (κ2) is 5.82. The Bertz CT molecular complexity index is 806. The Morgan fingerprint density at radius 3 is 2.43 bits per heavy atom. The summed E-state index contributed by atoms with van der Waals surface area (Å²) in [5.74, 6) is 0. The summed E-state index contributed by atoms with van der Waals surface area (Å²) in [7, 11) is -3.75. The van der Waals surface area contributed by atoms with E-state index in [0.717, 1.165) is 0 Å². The van der Waals surface area contributed by atoms with E-state index in [4.69, 9.17) is 0 Å². The lowest BCUT2D eigenvalue weighted by molar-refractivity contribution is -0.384. The van der Waals surface area contributed by atoms with Gasteiger partial charge in [0.05, 0.1) is 15.5 Å². The van der Waals surface area contributed by atoms with E-state index in [9.17, 15) is 18.5 Å². The molecule has 0 aromatic heterocycles. The topological polar surface area (TPSA) is 89.3 Å². The lowest BCUT2D eigenvalue weighted by atomic mass is 10.2. The quantitative estimate of drug-likeness (QED) is 0.658. The predicted octanol–water partition coefficient (Wildman–Crippen LogP) is 3.47. The summed E-state index contributed by atoms with van der Waals surface area (Å²) in [5, 5.41) is 10.7. The zero-order valence-electron chi connectivity index (χ0n) is 10.9. The normalized spacial score (nSPS) is 11.1. The number of nitro groups is 1. The first kappa shape index (κ1) is 15.5. The van der Waals surface area contributed by atoms with Gasteiger partial charge < -0.3 is 0 Å². The Labute approximate surface area is 130 Å². The third kappa shape index (κ3) is 3.40. The molecule has 0 atom stereocenters. The molecule has 110 valence electrons. The van der Waals surface area contributed by atoms with Crippen LogP contribution in [0.5, 0.6) is 0 Å². The number of hydrogen-bond acceptors (Lipinski definition) is 4. The van der Waals surface area contributed by atoms with Gasteiger partial charge in [0.15, 0.2) is 0 Å². The van der Waals surface area contributed by atoms with Crippen molar-refractivity contribution in [2.75, 3.05) is 4.72 Å². The molecule has 0 spiro atoms. The van der Waals surface area contributed by atoms with Crippen LogP contribution in [0.1, 0.15) is 5.56 Å². The van der Waals surface area contributed by atoms with Gasteiger partial charge in [-0.25, -0.2) is 8.42 Å². The molecule has 21 heavy (non-hydrogen) atoms. The molecule has 1 N–H and O–H groups in total.